The summed E-state index contributed by atoms with van der Waals surface area (Å²) in [5.74, 6) is 0.937. The van der Waals surface area contributed by atoms with E-state index in [-0.39, 0.29) is 11.4 Å². The zero-order valence-corrected chi connectivity index (χ0v) is 11.7. The number of amides is 1. The molecule has 0 radical (unpaired) electrons. The molecule has 0 atom stereocenters. The van der Waals surface area contributed by atoms with Gasteiger partial charge in [-0.25, -0.2) is 0 Å². The molecule has 1 rings (SSSR count). The second-order valence-electron chi connectivity index (χ2n) is 5.14. The maximum absolute atomic E-state index is 11.8. The minimum absolute atomic E-state index is 0.102. The van der Waals surface area contributed by atoms with Gasteiger partial charge in [0.1, 0.15) is 5.75 Å². The van der Waals surface area contributed by atoms with Gasteiger partial charge in [0.2, 0.25) is 5.91 Å². The second kappa shape index (κ2) is 6.43. The van der Waals surface area contributed by atoms with Crippen molar-refractivity contribution in [3.63, 3.8) is 0 Å². The molecule has 1 N–H and O–H groups in total. The Kier molecular flexibility index (Phi) is 5.20. The summed E-state index contributed by atoms with van der Waals surface area (Å²) in [5.41, 5.74) is 1.00. The Morgan fingerprint density at radius 2 is 2.11 bits per heavy atom. The molecular formula is C15H23NO2. The molecular weight excluding hydrogens is 226 g/mol. The van der Waals surface area contributed by atoms with E-state index in [2.05, 4.69) is 12.2 Å². The molecule has 0 aliphatic carbocycles. The first kappa shape index (κ1) is 14.6. The monoisotopic (exact) mass is 249 g/mol. The van der Waals surface area contributed by atoms with Gasteiger partial charge in [0.05, 0.1) is 7.11 Å². The predicted octanol–water partition coefficient (Wildman–Crippen LogP) is 2.93. The summed E-state index contributed by atoms with van der Waals surface area (Å²) in [4.78, 5) is 11.8. The molecule has 0 unspecified atom stereocenters. The van der Waals surface area contributed by atoms with Crippen molar-refractivity contribution in [2.24, 2.45) is 0 Å². The number of ether oxygens (including phenoxy) is 1. The molecule has 1 amide bonds. The van der Waals surface area contributed by atoms with Crippen molar-refractivity contribution in [2.45, 2.75) is 45.6 Å². The lowest BCUT2D eigenvalue weighted by molar-refractivity contribution is -0.122. The van der Waals surface area contributed by atoms with Gasteiger partial charge >= 0.3 is 0 Å². The molecule has 0 aliphatic heterocycles. The van der Waals surface area contributed by atoms with E-state index in [4.69, 9.17) is 4.74 Å². The smallest absolute Gasteiger partial charge is 0.220 e. The van der Waals surface area contributed by atoms with Gasteiger partial charge in [-0.15, -0.1) is 0 Å². The van der Waals surface area contributed by atoms with Gasteiger partial charge in [-0.2, -0.15) is 0 Å². The fourth-order valence-electron chi connectivity index (χ4n) is 1.61. The van der Waals surface area contributed by atoms with Crippen molar-refractivity contribution in [1.29, 1.82) is 0 Å². The molecule has 0 heterocycles. The molecule has 1 aromatic carbocycles. The van der Waals surface area contributed by atoms with Crippen LogP contribution >= 0.6 is 0 Å². The van der Waals surface area contributed by atoms with Crippen LogP contribution in [0.1, 0.15) is 39.2 Å². The summed E-state index contributed by atoms with van der Waals surface area (Å²) < 4.78 is 5.16. The number of carbonyl (C=O) groups excluding carboxylic acids is 1. The Balaban J connectivity index is 2.47. The average molecular weight is 249 g/mol. The number of nitrogens with one attached hydrogen (secondary N) is 1. The maximum Gasteiger partial charge on any atom is 0.220 e. The molecule has 1 aromatic rings. The van der Waals surface area contributed by atoms with E-state index >= 15 is 0 Å². The quantitative estimate of drug-likeness (QED) is 0.841. The topological polar surface area (TPSA) is 38.3 Å². The normalized spacial score (nSPS) is 11.1. The molecule has 0 bridgehead atoms. The summed E-state index contributed by atoms with van der Waals surface area (Å²) in [6, 6.07) is 7.84. The fourth-order valence-corrected chi connectivity index (χ4v) is 1.61. The van der Waals surface area contributed by atoms with Crippen LogP contribution in [-0.2, 0) is 11.2 Å². The Hall–Kier alpha value is -1.51. The van der Waals surface area contributed by atoms with E-state index in [1.165, 1.54) is 0 Å². The standard InChI is InChI=1S/C15H23NO2/c1-5-15(2,3)16-14(17)10-9-12-7-6-8-13(11-12)18-4/h6-8,11H,5,9-10H2,1-4H3,(H,16,17). The zero-order chi connectivity index (χ0) is 13.6. The predicted molar refractivity (Wildman–Crippen MR) is 73.8 cm³/mol. The first-order chi connectivity index (χ1) is 8.46. The highest BCUT2D eigenvalue weighted by molar-refractivity contribution is 5.76. The van der Waals surface area contributed by atoms with Gasteiger partial charge in [0.15, 0.2) is 0 Å². The Labute approximate surface area is 110 Å². The first-order valence-corrected chi connectivity index (χ1v) is 6.41. The van der Waals surface area contributed by atoms with Crippen LogP contribution in [0.3, 0.4) is 0 Å². The highest BCUT2D eigenvalue weighted by atomic mass is 16.5. The highest BCUT2D eigenvalue weighted by Gasteiger charge is 2.17. The van der Waals surface area contributed by atoms with Crippen LogP contribution in [0.2, 0.25) is 0 Å². The molecule has 3 nitrogen and oxygen atoms in total. The molecule has 18 heavy (non-hydrogen) atoms. The number of hydrogen-bond acceptors (Lipinski definition) is 2. The van der Waals surface area contributed by atoms with Crippen molar-refractivity contribution < 1.29 is 9.53 Å². The van der Waals surface area contributed by atoms with Gasteiger partial charge in [0, 0.05) is 12.0 Å². The summed E-state index contributed by atoms with van der Waals surface area (Å²) in [6.07, 6.45) is 2.18. The molecule has 0 aliphatic rings. The SMILES string of the molecule is CCC(C)(C)NC(=O)CCc1cccc(OC)c1. The third-order valence-corrected chi connectivity index (χ3v) is 3.14. The van der Waals surface area contributed by atoms with E-state index in [1.54, 1.807) is 7.11 Å². The van der Waals surface area contributed by atoms with Crippen LogP contribution in [0.5, 0.6) is 5.75 Å². The van der Waals surface area contributed by atoms with Gasteiger partial charge in [-0.1, -0.05) is 19.1 Å². The van der Waals surface area contributed by atoms with Gasteiger partial charge in [-0.05, 0) is 44.4 Å². The molecule has 0 fully saturated rings. The van der Waals surface area contributed by atoms with E-state index < -0.39 is 0 Å². The van der Waals surface area contributed by atoms with Crippen LogP contribution in [-0.4, -0.2) is 18.6 Å². The van der Waals surface area contributed by atoms with Crippen LogP contribution in [0.25, 0.3) is 0 Å². The maximum atomic E-state index is 11.8. The lowest BCUT2D eigenvalue weighted by atomic mass is 10.0. The van der Waals surface area contributed by atoms with E-state index in [0.29, 0.717) is 6.42 Å². The van der Waals surface area contributed by atoms with Crippen LogP contribution in [0, 0.1) is 0 Å². The van der Waals surface area contributed by atoms with Gasteiger partial charge in [-0.3, -0.25) is 4.79 Å². The van der Waals surface area contributed by atoms with Crippen molar-refractivity contribution >= 4 is 5.91 Å². The molecule has 0 saturated heterocycles. The summed E-state index contributed by atoms with van der Waals surface area (Å²) >= 11 is 0. The van der Waals surface area contributed by atoms with Crippen molar-refractivity contribution in [1.82, 2.24) is 5.32 Å². The number of rotatable bonds is 6. The van der Waals surface area contributed by atoms with Crippen molar-refractivity contribution in [3.05, 3.63) is 29.8 Å². The number of hydrogen-bond donors (Lipinski definition) is 1. The molecule has 0 saturated carbocycles. The Morgan fingerprint density at radius 1 is 1.39 bits per heavy atom. The molecule has 100 valence electrons. The first-order valence-electron chi connectivity index (χ1n) is 6.41. The lowest BCUT2D eigenvalue weighted by Gasteiger charge is -2.24. The number of carbonyl (C=O) groups is 1. The summed E-state index contributed by atoms with van der Waals surface area (Å²) in [5, 5.41) is 3.03. The van der Waals surface area contributed by atoms with Gasteiger partial charge in [0.25, 0.3) is 0 Å². The zero-order valence-electron chi connectivity index (χ0n) is 11.7. The summed E-state index contributed by atoms with van der Waals surface area (Å²) in [7, 11) is 1.65. The molecule has 3 heteroatoms. The van der Waals surface area contributed by atoms with E-state index in [0.717, 1.165) is 24.2 Å². The van der Waals surface area contributed by atoms with E-state index in [9.17, 15) is 4.79 Å². The summed E-state index contributed by atoms with van der Waals surface area (Å²) in [6.45, 7) is 6.15. The van der Waals surface area contributed by atoms with Gasteiger partial charge < -0.3 is 10.1 Å². The highest BCUT2D eigenvalue weighted by Crippen LogP contribution is 2.14. The Bertz CT molecular complexity index is 399. The number of aryl methyl sites for hydroxylation is 1. The third-order valence-electron chi connectivity index (χ3n) is 3.14. The Morgan fingerprint density at radius 3 is 2.72 bits per heavy atom. The van der Waals surface area contributed by atoms with E-state index in [1.807, 2.05) is 38.1 Å². The third kappa shape index (κ3) is 4.78. The second-order valence-corrected chi connectivity index (χ2v) is 5.14. The fraction of sp³-hybridized carbons (Fsp3) is 0.533. The number of benzene rings is 1. The minimum Gasteiger partial charge on any atom is -0.497 e. The van der Waals surface area contributed by atoms with Crippen molar-refractivity contribution in [2.75, 3.05) is 7.11 Å². The largest absolute Gasteiger partial charge is 0.497 e. The van der Waals surface area contributed by atoms with Crippen LogP contribution < -0.4 is 10.1 Å². The molecule has 0 spiro atoms. The van der Waals surface area contributed by atoms with Crippen LogP contribution in [0.15, 0.2) is 24.3 Å². The molecule has 0 aromatic heterocycles. The average Bonchev–Trinajstić information content (AvgIpc) is 2.36. The lowest BCUT2D eigenvalue weighted by Crippen LogP contribution is -2.42. The number of methoxy groups -OCH3 is 1. The van der Waals surface area contributed by atoms with Crippen molar-refractivity contribution in [3.8, 4) is 5.75 Å². The van der Waals surface area contributed by atoms with Crippen LogP contribution in [0.4, 0.5) is 0 Å². The minimum atomic E-state index is -0.120.